The summed E-state index contributed by atoms with van der Waals surface area (Å²) in [6.07, 6.45) is 0. The summed E-state index contributed by atoms with van der Waals surface area (Å²) in [6, 6.07) is 3.22. The quantitative estimate of drug-likeness (QED) is 0.745. The molecule has 0 aliphatic rings. The highest BCUT2D eigenvalue weighted by Crippen LogP contribution is 2.21. The van der Waals surface area contributed by atoms with Gasteiger partial charge in [-0.05, 0) is 19.1 Å². The van der Waals surface area contributed by atoms with E-state index < -0.39 is 5.97 Å². The highest BCUT2D eigenvalue weighted by Gasteiger charge is 2.17. The van der Waals surface area contributed by atoms with Gasteiger partial charge in [0, 0.05) is 16.8 Å². The summed E-state index contributed by atoms with van der Waals surface area (Å²) < 4.78 is 0. The van der Waals surface area contributed by atoms with E-state index >= 15 is 0 Å². The van der Waals surface area contributed by atoms with Crippen molar-refractivity contribution in [3.05, 3.63) is 29.1 Å². The summed E-state index contributed by atoms with van der Waals surface area (Å²) in [5.41, 5.74) is 1.75. The largest absolute Gasteiger partial charge is 0.478 e. The van der Waals surface area contributed by atoms with Crippen LogP contribution in [0, 0.1) is 6.92 Å². The molecule has 0 radical (unpaired) electrons. The lowest BCUT2D eigenvalue weighted by Crippen LogP contribution is -2.15. The average molecular weight is 193 g/mol. The first-order chi connectivity index (χ1) is 6.30. The maximum Gasteiger partial charge on any atom is 0.335 e. The number of hydrogen-bond acceptors (Lipinski definition) is 2. The molecule has 76 valence electrons. The Balaban J connectivity index is 3.28. The van der Waals surface area contributed by atoms with Crippen molar-refractivity contribution >= 4 is 5.97 Å². The fourth-order valence-corrected chi connectivity index (χ4v) is 1.18. The van der Waals surface area contributed by atoms with E-state index in [1.807, 2.05) is 27.7 Å². The number of aromatic nitrogens is 1. The molecule has 1 rings (SSSR count). The van der Waals surface area contributed by atoms with E-state index in [-0.39, 0.29) is 5.41 Å². The maximum atomic E-state index is 10.8. The molecule has 1 N–H and O–H groups in total. The van der Waals surface area contributed by atoms with Gasteiger partial charge >= 0.3 is 5.97 Å². The summed E-state index contributed by atoms with van der Waals surface area (Å²) in [5, 5.41) is 8.87. The van der Waals surface area contributed by atoms with Gasteiger partial charge in [-0.1, -0.05) is 20.8 Å². The van der Waals surface area contributed by atoms with Gasteiger partial charge in [0.2, 0.25) is 0 Å². The third-order valence-corrected chi connectivity index (χ3v) is 1.97. The molecule has 0 bridgehead atoms. The van der Waals surface area contributed by atoms with Gasteiger partial charge in [-0.15, -0.1) is 0 Å². The maximum absolute atomic E-state index is 10.8. The average Bonchev–Trinajstić information content (AvgIpc) is 2.01. The lowest BCUT2D eigenvalue weighted by Gasteiger charge is -2.18. The minimum Gasteiger partial charge on any atom is -0.478 e. The second kappa shape index (κ2) is 3.40. The molecule has 0 aliphatic heterocycles. The zero-order valence-electron chi connectivity index (χ0n) is 8.96. The summed E-state index contributed by atoms with van der Waals surface area (Å²) >= 11 is 0. The van der Waals surface area contributed by atoms with Crippen LogP contribution >= 0.6 is 0 Å². The summed E-state index contributed by atoms with van der Waals surface area (Å²) in [4.78, 5) is 15.1. The van der Waals surface area contributed by atoms with Crippen molar-refractivity contribution < 1.29 is 9.90 Å². The summed E-state index contributed by atoms with van der Waals surface area (Å²) in [6.45, 7) is 7.85. The molecular formula is C11H15NO2. The van der Waals surface area contributed by atoms with E-state index in [4.69, 9.17) is 5.11 Å². The molecule has 0 aliphatic carbocycles. The lowest BCUT2D eigenvalue weighted by atomic mass is 9.90. The molecule has 14 heavy (non-hydrogen) atoms. The zero-order valence-corrected chi connectivity index (χ0v) is 8.96. The van der Waals surface area contributed by atoms with Gasteiger partial charge in [0.25, 0.3) is 0 Å². The van der Waals surface area contributed by atoms with E-state index in [9.17, 15) is 4.79 Å². The number of carboxylic acid groups (broad SMARTS) is 1. The molecule has 0 aromatic carbocycles. The van der Waals surface area contributed by atoms with Crippen molar-refractivity contribution in [2.24, 2.45) is 0 Å². The number of pyridine rings is 1. The first-order valence-corrected chi connectivity index (χ1v) is 4.53. The molecule has 0 saturated heterocycles. The van der Waals surface area contributed by atoms with Gasteiger partial charge in [-0.2, -0.15) is 0 Å². The van der Waals surface area contributed by atoms with Crippen LogP contribution in [-0.4, -0.2) is 16.1 Å². The van der Waals surface area contributed by atoms with Crippen molar-refractivity contribution in [3.8, 4) is 0 Å². The lowest BCUT2D eigenvalue weighted by molar-refractivity contribution is 0.0696. The van der Waals surface area contributed by atoms with Crippen LogP contribution in [0.5, 0.6) is 0 Å². The number of nitrogens with zero attached hydrogens (tertiary/aromatic N) is 1. The zero-order chi connectivity index (χ0) is 10.9. The fraction of sp³-hybridized carbons (Fsp3) is 0.455. The Labute approximate surface area is 83.8 Å². The highest BCUT2D eigenvalue weighted by atomic mass is 16.4. The number of aryl methyl sites for hydroxylation is 1. The minimum atomic E-state index is -0.902. The van der Waals surface area contributed by atoms with Crippen molar-refractivity contribution in [1.29, 1.82) is 0 Å². The SMILES string of the molecule is Cc1cc(C(=O)O)cc(C(C)(C)C)n1. The van der Waals surface area contributed by atoms with Crippen LogP contribution in [0.3, 0.4) is 0 Å². The van der Waals surface area contributed by atoms with Gasteiger partial charge in [0.15, 0.2) is 0 Å². The Hall–Kier alpha value is -1.38. The molecule has 3 nitrogen and oxygen atoms in total. The fourth-order valence-electron chi connectivity index (χ4n) is 1.18. The molecular weight excluding hydrogens is 178 g/mol. The number of aromatic carboxylic acids is 1. The van der Waals surface area contributed by atoms with E-state index in [2.05, 4.69) is 4.98 Å². The van der Waals surface area contributed by atoms with Crippen LogP contribution in [-0.2, 0) is 5.41 Å². The van der Waals surface area contributed by atoms with Crippen molar-refractivity contribution in [1.82, 2.24) is 4.98 Å². The molecule has 1 aromatic rings. The second-order valence-corrected chi connectivity index (χ2v) is 4.44. The Morgan fingerprint density at radius 1 is 1.36 bits per heavy atom. The molecule has 0 unspecified atom stereocenters. The van der Waals surface area contributed by atoms with Crippen LogP contribution in [0.1, 0.15) is 42.5 Å². The summed E-state index contributed by atoms with van der Waals surface area (Å²) in [5.74, 6) is -0.902. The highest BCUT2D eigenvalue weighted by molar-refractivity contribution is 5.87. The third kappa shape index (κ3) is 2.31. The smallest absolute Gasteiger partial charge is 0.335 e. The van der Waals surface area contributed by atoms with Crippen LogP contribution in [0.15, 0.2) is 12.1 Å². The molecule has 3 heteroatoms. The minimum absolute atomic E-state index is 0.115. The van der Waals surface area contributed by atoms with Gasteiger partial charge < -0.3 is 5.11 Å². The van der Waals surface area contributed by atoms with Crippen LogP contribution < -0.4 is 0 Å². The molecule has 0 amide bonds. The first kappa shape index (κ1) is 10.7. The van der Waals surface area contributed by atoms with Crippen molar-refractivity contribution in [2.45, 2.75) is 33.1 Å². The van der Waals surface area contributed by atoms with Gasteiger partial charge in [-0.25, -0.2) is 4.79 Å². The Bertz CT molecular complexity index is 364. The number of carboxylic acids is 1. The van der Waals surface area contributed by atoms with Crippen molar-refractivity contribution in [2.75, 3.05) is 0 Å². The summed E-state index contributed by atoms with van der Waals surface area (Å²) in [7, 11) is 0. The standard InChI is InChI=1S/C11H15NO2/c1-7-5-8(10(13)14)6-9(12-7)11(2,3)4/h5-6H,1-4H3,(H,13,14). The molecule has 1 aromatic heterocycles. The molecule has 0 spiro atoms. The van der Waals surface area contributed by atoms with E-state index in [0.29, 0.717) is 5.56 Å². The monoisotopic (exact) mass is 193 g/mol. The van der Waals surface area contributed by atoms with E-state index in [1.54, 1.807) is 12.1 Å². The number of rotatable bonds is 1. The topological polar surface area (TPSA) is 50.2 Å². The van der Waals surface area contributed by atoms with Gasteiger partial charge in [0.1, 0.15) is 0 Å². The normalized spacial score (nSPS) is 11.4. The van der Waals surface area contributed by atoms with E-state index in [0.717, 1.165) is 11.4 Å². The Morgan fingerprint density at radius 3 is 2.36 bits per heavy atom. The second-order valence-electron chi connectivity index (χ2n) is 4.44. The van der Waals surface area contributed by atoms with Crippen LogP contribution in [0.4, 0.5) is 0 Å². The molecule has 0 fully saturated rings. The first-order valence-electron chi connectivity index (χ1n) is 4.53. The molecule has 1 heterocycles. The number of hydrogen-bond donors (Lipinski definition) is 1. The van der Waals surface area contributed by atoms with Crippen molar-refractivity contribution in [3.63, 3.8) is 0 Å². The predicted octanol–water partition coefficient (Wildman–Crippen LogP) is 2.39. The number of carbonyl (C=O) groups is 1. The van der Waals surface area contributed by atoms with Crippen LogP contribution in [0.2, 0.25) is 0 Å². The Kier molecular flexibility index (Phi) is 2.60. The molecule has 0 saturated carbocycles. The van der Waals surface area contributed by atoms with Gasteiger partial charge in [-0.3, -0.25) is 4.98 Å². The van der Waals surface area contributed by atoms with Gasteiger partial charge in [0.05, 0.1) is 5.56 Å². The third-order valence-electron chi connectivity index (χ3n) is 1.97. The predicted molar refractivity (Wildman–Crippen MR) is 54.6 cm³/mol. The molecule has 0 atom stereocenters. The van der Waals surface area contributed by atoms with E-state index in [1.165, 1.54) is 0 Å². The Morgan fingerprint density at radius 2 is 1.93 bits per heavy atom. The van der Waals surface area contributed by atoms with Crippen LogP contribution in [0.25, 0.3) is 0 Å².